The molecule has 18 heavy (non-hydrogen) atoms. The number of hydrogen-bond donors (Lipinski definition) is 1. The maximum Gasteiger partial charge on any atom is 0.127 e. The van der Waals surface area contributed by atoms with E-state index in [9.17, 15) is 4.39 Å². The minimum absolute atomic E-state index is 0.186. The first-order valence-corrected chi connectivity index (χ1v) is 6.46. The lowest BCUT2D eigenvalue weighted by Gasteiger charge is -2.32. The van der Waals surface area contributed by atoms with Crippen molar-refractivity contribution in [2.75, 3.05) is 33.2 Å². The average Bonchev–Trinajstić information content (AvgIpc) is 2.34. The standard InChI is InChI=1S/C13H18FN3S/c1-16-4-6-17(7-5-16)9-11-8-10(13(15)18)2-3-12(11)14/h2-3,8H,4-7,9H2,1H3,(H2,15,18). The van der Waals surface area contributed by atoms with Crippen molar-refractivity contribution in [1.29, 1.82) is 0 Å². The fraction of sp³-hybridized carbons (Fsp3) is 0.462. The number of halogens is 1. The van der Waals surface area contributed by atoms with Crippen LogP contribution in [0.2, 0.25) is 0 Å². The topological polar surface area (TPSA) is 32.5 Å². The number of thiocarbonyl (C=S) groups is 1. The van der Waals surface area contributed by atoms with Crippen LogP contribution < -0.4 is 5.73 Å². The van der Waals surface area contributed by atoms with Gasteiger partial charge in [0.1, 0.15) is 10.8 Å². The summed E-state index contributed by atoms with van der Waals surface area (Å²) >= 11 is 4.92. The van der Waals surface area contributed by atoms with Crippen molar-refractivity contribution >= 4 is 17.2 Å². The molecule has 0 radical (unpaired) electrons. The molecule has 2 rings (SSSR count). The Morgan fingerprint density at radius 2 is 2.00 bits per heavy atom. The van der Waals surface area contributed by atoms with Crippen LogP contribution in [0.5, 0.6) is 0 Å². The Morgan fingerprint density at radius 1 is 1.33 bits per heavy atom. The second-order valence-corrected chi connectivity index (χ2v) is 5.19. The molecule has 0 unspecified atom stereocenters. The fourth-order valence-electron chi connectivity index (χ4n) is 2.10. The molecule has 0 bridgehead atoms. The van der Waals surface area contributed by atoms with E-state index in [1.807, 2.05) is 0 Å². The van der Waals surface area contributed by atoms with Crippen molar-refractivity contribution in [2.24, 2.45) is 5.73 Å². The van der Waals surface area contributed by atoms with Crippen molar-refractivity contribution in [3.63, 3.8) is 0 Å². The van der Waals surface area contributed by atoms with Crippen molar-refractivity contribution in [1.82, 2.24) is 9.80 Å². The van der Waals surface area contributed by atoms with Gasteiger partial charge in [0.25, 0.3) is 0 Å². The zero-order valence-corrected chi connectivity index (χ0v) is 11.3. The first kappa shape index (κ1) is 13.4. The summed E-state index contributed by atoms with van der Waals surface area (Å²) in [6, 6.07) is 4.83. The predicted octanol–water partition coefficient (Wildman–Crippen LogP) is 1.21. The van der Waals surface area contributed by atoms with Crippen molar-refractivity contribution in [2.45, 2.75) is 6.54 Å². The summed E-state index contributed by atoms with van der Waals surface area (Å²) in [7, 11) is 2.10. The first-order valence-electron chi connectivity index (χ1n) is 6.05. The normalized spacial score (nSPS) is 17.9. The van der Waals surface area contributed by atoms with Crippen LogP contribution in [0.4, 0.5) is 4.39 Å². The molecular weight excluding hydrogens is 249 g/mol. The van der Waals surface area contributed by atoms with E-state index in [0.29, 0.717) is 17.1 Å². The van der Waals surface area contributed by atoms with Crippen molar-refractivity contribution in [3.05, 3.63) is 35.1 Å². The monoisotopic (exact) mass is 267 g/mol. The van der Waals surface area contributed by atoms with Gasteiger partial charge in [-0.3, -0.25) is 4.90 Å². The molecule has 2 N–H and O–H groups in total. The molecule has 98 valence electrons. The number of nitrogens with two attached hydrogens (primary N) is 1. The Hall–Kier alpha value is -1.04. The summed E-state index contributed by atoms with van der Waals surface area (Å²) in [5.74, 6) is -0.186. The lowest BCUT2D eigenvalue weighted by molar-refractivity contribution is 0.147. The van der Waals surface area contributed by atoms with Gasteiger partial charge in [-0.2, -0.15) is 0 Å². The van der Waals surface area contributed by atoms with E-state index in [2.05, 4.69) is 16.8 Å². The summed E-state index contributed by atoms with van der Waals surface area (Å²) in [6.45, 7) is 4.60. The number of likely N-dealkylation sites (N-methyl/N-ethyl adjacent to an activating group) is 1. The minimum atomic E-state index is -0.186. The van der Waals surface area contributed by atoms with Gasteiger partial charge < -0.3 is 10.6 Å². The molecular formula is C13H18FN3S. The SMILES string of the molecule is CN1CCN(Cc2cc(C(N)=S)ccc2F)CC1. The summed E-state index contributed by atoms with van der Waals surface area (Å²) in [6.07, 6.45) is 0. The molecule has 5 heteroatoms. The smallest absolute Gasteiger partial charge is 0.127 e. The van der Waals surface area contributed by atoms with Crippen molar-refractivity contribution < 1.29 is 4.39 Å². The third kappa shape index (κ3) is 3.25. The van der Waals surface area contributed by atoms with Crippen LogP contribution in [0.1, 0.15) is 11.1 Å². The van der Waals surface area contributed by atoms with Gasteiger partial charge in [-0.1, -0.05) is 12.2 Å². The molecule has 1 aliphatic rings. The van der Waals surface area contributed by atoms with Gasteiger partial charge in [0, 0.05) is 43.9 Å². The van der Waals surface area contributed by atoms with Gasteiger partial charge in [-0.15, -0.1) is 0 Å². The molecule has 1 aliphatic heterocycles. The molecule has 0 atom stereocenters. The lowest BCUT2D eigenvalue weighted by atomic mass is 10.1. The van der Waals surface area contributed by atoms with Gasteiger partial charge >= 0.3 is 0 Å². The van der Waals surface area contributed by atoms with Gasteiger partial charge in [0.15, 0.2) is 0 Å². The van der Waals surface area contributed by atoms with Gasteiger partial charge in [-0.25, -0.2) is 4.39 Å². The second kappa shape index (κ2) is 5.73. The molecule has 1 heterocycles. The highest BCUT2D eigenvalue weighted by Gasteiger charge is 2.15. The van der Waals surface area contributed by atoms with Crippen LogP contribution in [0.25, 0.3) is 0 Å². The van der Waals surface area contributed by atoms with Crippen LogP contribution in [0.3, 0.4) is 0 Å². The van der Waals surface area contributed by atoms with Crippen LogP contribution in [0, 0.1) is 5.82 Å². The van der Waals surface area contributed by atoms with E-state index in [4.69, 9.17) is 18.0 Å². The predicted molar refractivity (Wildman–Crippen MR) is 75.1 cm³/mol. The zero-order chi connectivity index (χ0) is 13.1. The maximum absolute atomic E-state index is 13.7. The van der Waals surface area contributed by atoms with Crippen LogP contribution >= 0.6 is 12.2 Å². The van der Waals surface area contributed by atoms with Crippen LogP contribution in [-0.4, -0.2) is 48.0 Å². The lowest BCUT2D eigenvalue weighted by Crippen LogP contribution is -2.44. The number of nitrogens with zero attached hydrogens (tertiary/aromatic N) is 2. The van der Waals surface area contributed by atoms with Gasteiger partial charge in [-0.05, 0) is 25.2 Å². The Morgan fingerprint density at radius 3 is 2.61 bits per heavy atom. The van der Waals surface area contributed by atoms with Crippen LogP contribution in [-0.2, 0) is 6.54 Å². The summed E-state index contributed by atoms with van der Waals surface area (Å²) < 4.78 is 13.7. The number of piperazine rings is 1. The van der Waals surface area contributed by atoms with E-state index >= 15 is 0 Å². The minimum Gasteiger partial charge on any atom is -0.389 e. The Labute approximate surface area is 112 Å². The summed E-state index contributed by atoms with van der Waals surface area (Å²) in [4.78, 5) is 4.84. The molecule has 1 saturated heterocycles. The highest BCUT2D eigenvalue weighted by Crippen LogP contribution is 2.14. The molecule has 0 aliphatic carbocycles. The molecule has 1 fully saturated rings. The number of benzene rings is 1. The zero-order valence-electron chi connectivity index (χ0n) is 10.5. The van der Waals surface area contributed by atoms with E-state index < -0.39 is 0 Å². The van der Waals surface area contributed by atoms with Crippen LogP contribution in [0.15, 0.2) is 18.2 Å². The fourth-order valence-corrected chi connectivity index (χ4v) is 2.22. The third-order valence-corrected chi connectivity index (χ3v) is 3.56. The maximum atomic E-state index is 13.7. The number of hydrogen-bond acceptors (Lipinski definition) is 3. The highest BCUT2D eigenvalue weighted by atomic mass is 32.1. The number of rotatable bonds is 3. The molecule has 3 nitrogen and oxygen atoms in total. The molecule has 0 amide bonds. The third-order valence-electron chi connectivity index (χ3n) is 3.32. The molecule has 0 saturated carbocycles. The Kier molecular flexibility index (Phi) is 4.27. The van der Waals surface area contributed by atoms with E-state index in [1.54, 1.807) is 12.1 Å². The molecule has 1 aromatic rings. The summed E-state index contributed by atoms with van der Waals surface area (Å²) in [5.41, 5.74) is 6.98. The quantitative estimate of drug-likeness (QED) is 0.834. The largest absolute Gasteiger partial charge is 0.389 e. The second-order valence-electron chi connectivity index (χ2n) is 4.75. The molecule has 0 aromatic heterocycles. The van der Waals surface area contributed by atoms with E-state index in [1.165, 1.54) is 6.07 Å². The Bertz CT molecular complexity index is 442. The van der Waals surface area contributed by atoms with E-state index in [-0.39, 0.29) is 5.82 Å². The van der Waals surface area contributed by atoms with Crippen molar-refractivity contribution in [3.8, 4) is 0 Å². The molecule has 0 spiro atoms. The first-order chi connectivity index (χ1) is 8.56. The highest BCUT2D eigenvalue weighted by molar-refractivity contribution is 7.80. The van der Waals surface area contributed by atoms with Gasteiger partial charge in [0.2, 0.25) is 0 Å². The van der Waals surface area contributed by atoms with E-state index in [0.717, 1.165) is 31.7 Å². The summed E-state index contributed by atoms with van der Waals surface area (Å²) in [5, 5.41) is 0. The van der Waals surface area contributed by atoms with Gasteiger partial charge in [0.05, 0.1) is 0 Å². The molecule has 1 aromatic carbocycles. The Balaban J connectivity index is 2.08. The average molecular weight is 267 g/mol.